The second-order valence-corrected chi connectivity index (χ2v) is 5.65. The van der Waals surface area contributed by atoms with Crippen LogP contribution in [0, 0.1) is 0 Å². The normalized spacial score (nSPS) is 16.2. The largest absolute Gasteiger partial charge is 0.493 e. The zero-order chi connectivity index (χ0) is 16.8. The van der Waals surface area contributed by atoms with E-state index < -0.39 is 0 Å². The number of ether oxygens (including phenoxy) is 5. The lowest BCUT2D eigenvalue weighted by Gasteiger charge is -2.26. The van der Waals surface area contributed by atoms with Crippen molar-refractivity contribution in [3.63, 3.8) is 0 Å². The summed E-state index contributed by atoms with van der Waals surface area (Å²) in [7, 11) is 3.21. The fourth-order valence-electron chi connectivity index (χ4n) is 2.75. The molecule has 0 saturated heterocycles. The third-order valence-electron chi connectivity index (χ3n) is 3.98. The third-order valence-corrected chi connectivity index (χ3v) is 3.98. The summed E-state index contributed by atoms with van der Waals surface area (Å²) < 4.78 is 26.6. The third kappa shape index (κ3) is 3.99. The first-order chi connectivity index (χ1) is 11.8. The Hall–Kier alpha value is -2.24. The maximum Gasteiger partial charge on any atom is 0.188 e. The summed E-state index contributed by atoms with van der Waals surface area (Å²) in [6.45, 7) is 1.14. The van der Waals surface area contributed by atoms with E-state index in [1.54, 1.807) is 14.2 Å². The molecular formula is C19H22O5. The predicted molar refractivity (Wildman–Crippen MR) is 89.8 cm³/mol. The van der Waals surface area contributed by atoms with Crippen LogP contribution < -0.4 is 14.2 Å². The van der Waals surface area contributed by atoms with Crippen LogP contribution in [0.15, 0.2) is 42.5 Å². The van der Waals surface area contributed by atoms with Crippen molar-refractivity contribution in [2.24, 2.45) is 0 Å². The zero-order valence-electron chi connectivity index (χ0n) is 14.0. The molecular weight excluding hydrogens is 308 g/mol. The molecule has 1 aliphatic heterocycles. The first-order valence-electron chi connectivity index (χ1n) is 7.89. The Kier molecular flexibility index (Phi) is 5.56. The number of hydrogen-bond acceptors (Lipinski definition) is 5. The van der Waals surface area contributed by atoms with Crippen LogP contribution in [-0.4, -0.2) is 34.4 Å². The summed E-state index contributed by atoms with van der Waals surface area (Å²) >= 11 is 0. The van der Waals surface area contributed by atoms with Crippen molar-refractivity contribution in [2.75, 3.05) is 34.4 Å². The molecule has 1 heterocycles. The lowest BCUT2D eigenvalue weighted by atomic mass is 9.90. The van der Waals surface area contributed by atoms with Gasteiger partial charge in [0.1, 0.15) is 17.2 Å². The molecule has 128 valence electrons. The van der Waals surface area contributed by atoms with Crippen molar-refractivity contribution in [2.45, 2.75) is 12.3 Å². The first kappa shape index (κ1) is 16.6. The highest BCUT2D eigenvalue weighted by Crippen LogP contribution is 2.35. The first-order valence-corrected chi connectivity index (χ1v) is 7.89. The van der Waals surface area contributed by atoms with E-state index in [2.05, 4.69) is 18.2 Å². The molecule has 1 atom stereocenters. The molecule has 0 aliphatic carbocycles. The smallest absolute Gasteiger partial charge is 0.188 e. The molecule has 0 aromatic heterocycles. The average molecular weight is 330 g/mol. The summed E-state index contributed by atoms with van der Waals surface area (Å²) in [6, 6.07) is 14.0. The minimum Gasteiger partial charge on any atom is -0.493 e. The Balaban J connectivity index is 1.66. The van der Waals surface area contributed by atoms with Gasteiger partial charge in [-0.15, -0.1) is 0 Å². The van der Waals surface area contributed by atoms with Crippen LogP contribution in [0.5, 0.6) is 17.2 Å². The highest BCUT2D eigenvalue weighted by Gasteiger charge is 2.22. The molecule has 0 spiro atoms. The fourth-order valence-corrected chi connectivity index (χ4v) is 2.75. The van der Waals surface area contributed by atoms with Gasteiger partial charge in [0, 0.05) is 26.2 Å². The molecule has 1 unspecified atom stereocenters. The number of methoxy groups -OCH3 is 2. The Bertz CT molecular complexity index is 653. The lowest BCUT2D eigenvalue weighted by Crippen LogP contribution is -2.19. The molecule has 0 bridgehead atoms. The minimum absolute atomic E-state index is 0.235. The maximum absolute atomic E-state index is 5.93. The van der Waals surface area contributed by atoms with Crippen LogP contribution in [-0.2, 0) is 15.9 Å². The van der Waals surface area contributed by atoms with Gasteiger partial charge >= 0.3 is 0 Å². The zero-order valence-corrected chi connectivity index (χ0v) is 14.0. The molecule has 0 radical (unpaired) electrons. The Morgan fingerprint density at radius 2 is 1.58 bits per heavy atom. The SMILES string of the molecule is COCOc1ccc(C2COc3cc(OCOC)ccc3C2)cc1. The Labute approximate surface area is 142 Å². The van der Waals surface area contributed by atoms with Gasteiger partial charge in [0.25, 0.3) is 0 Å². The van der Waals surface area contributed by atoms with Crippen molar-refractivity contribution in [3.05, 3.63) is 53.6 Å². The van der Waals surface area contributed by atoms with Gasteiger partial charge < -0.3 is 23.7 Å². The van der Waals surface area contributed by atoms with E-state index in [-0.39, 0.29) is 13.6 Å². The quantitative estimate of drug-likeness (QED) is 0.729. The van der Waals surface area contributed by atoms with Gasteiger partial charge in [-0.1, -0.05) is 18.2 Å². The molecule has 5 nitrogen and oxygen atoms in total. The van der Waals surface area contributed by atoms with Gasteiger partial charge in [-0.05, 0) is 35.7 Å². The molecule has 24 heavy (non-hydrogen) atoms. The van der Waals surface area contributed by atoms with Gasteiger partial charge in [-0.2, -0.15) is 0 Å². The molecule has 0 fully saturated rings. The molecule has 0 N–H and O–H groups in total. The van der Waals surface area contributed by atoms with Crippen LogP contribution in [0.2, 0.25) is 0 Å². The van der Waals surface area contributed by atoms with E-state index in [1.165, 1.54) is 11.1 Å². The van der Waals surface area contributed by atoms with Gasteiger partial charge in [0.15, 0.2) is 13.6 Å². The monoisotopic (exact) mass is 330 g/mol. The van der Waals surface area contributed by atoms with Crippen molar-refractivity contribution in [1.82, 2.24) is 0 Å². The molecule has 3 rings (SSSR count). The van der Waals surface area contributed by atoms with Crippen molar-refractivity contribution in [3.8, 4) is 17.2 Å². The second-order valence-electron chi connectivity index (χ2n) is 5.65. The highest BCUT2D eigenvalue weighted by molar-refractivity contribution is 5.44. The number of rotatable bonds is 7. The molecule has 5 heteroatoms. The number of fused-ring (bicyclic) bond motifs is 1. The van der Waals surface area contributed by atoms with E-state index in [1.807, 2.05) is 24.3 Å². The molecule has 1 aliphatic rings. The van der Waals surface area contributed by atoms with Gasteiger partial charge in [-0.3, -0.25) is 0 Å². The number of hydrogen-bond donors (Lipinski definition) is 0. The maximum atomic E-state index is 5.93. The van der Waals surface area contributed by atoms with Crippen LogP contribution in [0.3, 0.4) is 0 Å². The van der Waals surface area contributed by atoms with Gasteiger partial charge in [0.2, 0.25) is 0 Å². The highest BCUT2D eigenvalue weighted by atomic mass is 16.7. The van der Waals surface area contributed by atoms with Crippen molar-refractivity contribution >= 4 is 0 Å². The van der Waals surface area contributed by atoms with E-state index in [9.17, 15) is 0 Å². The van der Waals surface area contributed by atoms with Crippen LogP contribution in [0.4, 0.5) is 0 Å². The molecule has 2 aromatic rings. The molecule has 2 aromatic carbocycles. The van der Waals surface area contributed by atoms with E-state index in [0.717, 1.165) is 23.7 Å². The second kappa shape index (κ2) is 8.04. The number of benzene rings is 2. The molecule has 0 saturated carbocycles. The van der Waals surface area contributed by atoms with Gasteiger partial charge in [0.05, 0.1) is 6.61 Å². The van der Waals surface area contributed by atoms with Crippen LogP contribution in [0.25, 0.3) is 0 Å². The fraction of sp³-hybridized carbons (Fsp3) is 0.368. The summed E-state index contributed by atoms with van der Waals surface area (Å²) in [5.74, 6) is 2.78. The predicted octanol–water partition coefficient (Wildman–Crippen LogP) is 3.37. The van der Waals surface area contributed by atoms with E-state index >= 15 is 0 Å². The standard InChI is InChI=1S/C19H22O5/c1-20-12-23-17-6-3-14(4-7-17)16-9-15-5-8-18(24-13-21-2)10-19(15)22-11-16/h3-8,10,16H,9,11-13H2,1-2H3. The van der Waals surface area contributed by atoms with Crippen molar-refractivity contribution < 1.29 is 23.7 Å². The lowest BCUT2D eigenvalue weighted by molar-refractivity contribution is 0.0507. The Morgan fingerprint density at radius 3 is 2.29 bits per heavy atom. The topological polar surface area (TPSA) is 46.2 Å². The average Bonchev–Trinajstić information content (AvgIpc) is 2.64. The molecule has 0 amide bonds. The van der Waals surface area contributed by atoms with Gasteiger partial charge in [-0.25, -0.2) is 0 Å². The summed E-state index contributed by atoms with van der Waals surface area (Å²) in [4.78, 5) is 0. The van der Waals surface area contributed by atoms with Crippen molar-refractivity contribution in [1.29, 1.82) is 0 Å². The van der Waals surface area contributed by atoms with Crippen LogP contribution >= 0.6 is 0 Å². The minimum atomic E-state index is 0.235. The van der Waals surface area contributed by atoms with E-state index in [0.29, 0.717) is 12.5 Å². The summed E-state index contributed by atoms with van der Waals surface area (Å²) in [5, 5.41) is 0. The Morgan fingerprint density at radius 1 is 0.917 bits per heavy atom. The summed E-state index contributed by atoms with van der Waals surface area (Å²) in [6.07, 6.45) is 0.943. The summed E-state index contributed by atoms with van der Waals surface area (Å²) in [5.41, 5.74) is 2.43. The van der Waals surface area contributed by atoms with Crippen LogP contribution in [0.1, 0.15) is 17.0 Å². The van der Waals surface area contributed by atoms with E-state index in [4.69, 9.17) is 23.7 Å².